The Kier molecular flexibility index (Phi) is 4.24. The van der Waals surface area contributed by atoms with Crippen LogP contribution in [0, 0.1) is 6.92 Å². The third-order valence-electron chi connectivity index (χ3n) is 4.05. The van der Waals surface area contributed by atoms with E-state index in [9.17, 15) is 13.5 Å². The van der Waals surface area contributed by atoms with Crippen molar-refractivity contribution in [3.05, 3.63) is 78.0 Å². The van der Waals surface area contributed by atoms with Gasteiger partial charge in [0, 0.05) is 18.5 Å². The summed E-state index contributed by atoms with van der Waals surface area (Å²) in [6.45, 7) is 1.90. The van der Waals surface area contributed by atoms with Crippen molar-refractivity contribution >= 4 is 10.0 Å². The summed E-state index contributed by atoms with van der Waals surface area (Å²) in [5.74, 6) is 0.00988. The molecule has 1 aliphatic rings. The summed E-state index contributed by atoms with van der Waals surface area (Å²) in [7, 11) is -3.74. The molecule has 120 valence electrons. The molecule has 4 nitrogen and oxygen atoms in total. The molecule has 0 radical (unpaired) electrons. The number of nitrogens with zero attached hydrogens (tertiary/aromatic N) is 1. The van der Waals surface area contributed by atoms with E-state index in [1.165, 1.54) is 6.20 Å². The minimum absolute atomic E-state index is 0.00988. The molecule has 2 aromatic carbocycles. The van der Waals surface area contributed by atoms with Gasteiger partial charge in [0.2, 0.25) is 0 Å². The van der Waals surface area contributed by atoms with Gasteiger partial charge >= 0.3 is 0 Å². The zero-order valence-corrected chi connectivity index (χ0v) is 13.6. The van der Waals surface area contributed by atoms with Crippen molar-refractivity contribution in [3.63, 3.8) is 0 Å². The molecule has 0 saturated heterocycles. The highest BCUT2D eigenvalue weighted by Crippen LogP contribution is 2.31. The lowest BCUT2D eigenvalue weighted by molar-refractivity contribution is 0.0708. The van der Waals surface area contributed by atoms with E-state index in [1.54, 1.807) is 24.3 Å². The van der Waals surface area contributed by atoms with E-state index in [1.807, 2.05) is 43.3 Å². The van der Waals surface area contributed by atoms with E-state index in [2.05, 4.69) is 0 Å². The van der Waals surface area contributed by atoms with E-state index in [0.29, 0.717) is 6.42 Å². The van der Waals surface area contributed by atoms with Crippen LogP contribution >= 0.6 is 0 Å². The maximum absolute atomic E-state index is 12.7. The summed E-state index contributed by atoms with van der Waals surface area (Å²) >= 11 is 0. The second-order valence-electron chi connectivity index (χ2n) is 5.72. The molecule has 0 aromatic heterocycles. The van der Waals surface area contributed by atoms with Crippen molar-refractivity contribution in [1.82, 2.24) is 4.31 Å². The van der Waals surface area contributed by atoms with Gasteiger partial charge in [-0.2, -0.15) is 0 Å². The van der Waals surface area contributed by atoms with Crippen molar-refractivity contribution < 1.29 is 13.5 Å². The average molecular weight is 329 g/mol. The molecule has 2 unspecified atom stereocenters. The summed E-state index contributed by atoms with van der Waals surface area (Å²) in [6.07, 6.45) is 2.57. The van der Waals surface area contributed by atoms with Crippen LogP contribution in [0.3, 0.4) is 0 Å². The fraction of sp³-hybridized carbons (Fsp3) is 0.222. The monoisotopic (exact) mass is 329 g/mol. The Morgan fingerprint density at radius 1 is 1.04 bits per heavy atom. The van der Waals surface area contributed by atoms with E-state index in [4.69, 9.17) is 0 Å². The zero-order valence-electron chi connectivity index (χ0n) is 12.8. The van der Waals surface area contributed by atoms with Gasteiger partial charge in [-0.05, 0) is 24.6 Å². The number of allylic oxidation sites excluding steroid dienone is 1. The molecule has 23 heavy (non-hydrogen) atoms. The van der Waals surface area contributed by atoms with Gasteiger partial charge in [-0.3, -0.25) is 0 Å². The maximum atomic E-state index is 12.7. The van der Waals surface area contributed by atoms with Gasteiger partial charge in [0.05, 0.1) is 4.90 Å². The van der Waals surface area contributed by atoms with Crippen molar-refractivity contribution in [2.24, 2.45) is 0 Å². The summed E-state index contributed by atoms with van der Waals surface area (Å²) in [5.41, 5.74) is 2.05. The number of aliphatic hydroxyl groups excluding tert-OH is 1. The van der Waals surface area contributed by atoms with Crippen LogP contribution in [0.4, 0.5) is 0 Å². The van der Waals surface area contributed by atoms with Crippen LogP contribution < -0.4 is 0 Å². The molecular formula is C18H19NO3S. The summed E-state index contributed by atoms with van der Waals surface area (Å²) < 4.78 is 26.4. The van der Waals surface area contributed by atoms with E-state index < -0.39 is 16.3 Å². The molecule has 0 aliphatic carbocycles. The Bertz CT molecular complexity index is 798. The molecule has 0 fully saturated rings. The Labute approximate surface area is 136 Å². The molecule has 1 N–H and O–H groups in total. The SMILES string of the molecule is Cc1ccc(S(=O)(=O)N2C=CC(c3ccccc3)CC2O)cc1. The maximum Gasteiger partial charge on any atom is 0.265 e. The molecule has 2 aromatic rings. The fourth-order valence-corrected chi connectivity index (χ4v) is 4.08. The van der Waals surface area contributed by atoms with Crippen LogP contribution in [0.1, 0.15) is 23.5 Å². The van der Waals surface area contributed by atoms with Gasteiger partial charge in [0.15, 0.2) is 0 Å². The Hall–Kier alpha value is -2.11. The highest BCUT2D eigenvalue weighted by molar-refractivity contribution is 7.89. The third kappa shape index (κ3) is 3.16. The normalized spacial score (nSPS) is 21.4. The number of benzene rings is 2. The quantitative estimate of drug-likeness (QED) is 0.942. The minimum Gasteiger partial charge on any atom is -0.372 e. The van der Waals surface area contributed by atoms with E-state index >= 15 is 0 Å². The van der Waals surface area contributed by atoms with Gasteiger partial charge in [-0.1, -0.05) is 54.1 Å². The molecule has 0 spiro atoms. The predicted molar refractivity (Wildman–Crippen MR) is 89.2 cm³/mol. The van der Waals surface area contributed by atoms with E-state index in [0.717, 1.165) is 15.4 Å². The van der Waals surface area contributed by atoms with Crippen LogP contribution in [0.5, 0.6) is 0 Å². The van der Waals surface area contributed by atoms with Crippen molar-refractivity contribution in [2.75, 3.05) is 0 Å². The topological polar surface area (TPSA) is 57.6 Å². The number of hydrogen-bond donors (Lipinski definition) is 1. The highest BCUT2D eigenvalue weighted by Gasteiger charge is 2.32. The van der Waals surface area contributed by atoms with Gasteiger partial charge in [-0.15, -0.1) is 0 Å². The lowest BCUT2D eigenvalue weighted by atomic mass is 9.93. The van der Waals surface area contributed by atoms with Crippen LogP contribution in [0.25, 0.3) is 0 Å². The molecule has 5 heteroatoms. The van der Waals surface area contributed by atoms with Crippen LogP contribution in [0.2, 0.25) is 0 Å². The Morgan fingerprint density at radius 3 is 2.30 bits per heavy atom. The Balaban J connectivity index is 1.88. The smallest absolute Gasteiger partial charge is 0.265 e. The number of aryl methyl sites for hydroxylation is 1. The first-order valence-electron chi connectivity index (χ1n) is 7.50. The van der Waals surface area contributed by atoms with Crippen molar-refractivity contribution in [1.29, 1.82) is 0 Å². The largest absolute Gasteiger partial charge is 0.372 e. The predicted octanol–water partition coefficient (Wildman–Crippen LogP) is 3.01. The van der Waals surface area contributed by atoms with Gasteiger partial charge in [-0.25, -0.2) is 12.7 Å². The van der Waals surface area contributed by atoms with Crippen LogP contribution in [-0.4, -0.2) is 24.1 Å². The first-order chi connectivity index (χ1) is 11.0. The molecule has 0 amide bonds. The molecule has 2 atom stereocenters. The molecule has 0 saturated carbocycles. The molecule has 1 heterocycles. The second kappa shape index (κ2) is 6.18. The molecule has 0 bridgehead atoms. The summed E-state index contributed by atoms with van der Waals surface area (Å²) in [4.78, 5) is 0.185. The Morgan fingerprint density at radius 2 is 1.70 bits per heavy atom. The molecule has 3 rings (SSSR count). The number of sulfonamides is 1. The molecule has 1 aliphatic heterocycles. The first kappa shape index (κ1) is 15.8. The fourth-order valence-electron chi connectivity index (χ4n) is 2.72. The van der Waals surface area contributed by atoms with Crippen LogP contribution in [0.15, 0.2) is 71.8 Å². The standard InChI is InChI=1S/C18H19NO3S/c1-14-7-9-17(10-8-14)23(21,22)19-12-11-16(13-18(19)20)15-5-3-2-4-6-15/h2-12,16,18,20H,13H2,1H3. The second-order valence-corrected chi connectivity index (χ2v) is 7.57. The summed E-state index contributed by atoms with van der Waals surface area (Å²) in [6, 6.07) is 16.4. The van der Waals surface area contributed by atoms with Gasteiger partial charge in [0.25, 0.3) is 10.0 Å². The summed E-state index contributed by atoms with van der Waals surface area (Å²) in [5, 5.41) is 10.3. The highest BCUT2D eigenvalue weighted by atomic mass is 32.2. The van der Waals surface area contributed by atoms with Crippen LogP contribution in [-0.2, 0) is 10.0 Å². The van der Waals surface area contributed by atoms with E-state index in [-0.39, 0.29) is 10.8 Å². The van der Waals surface area contributed by atoms with Crippen molar-refractivity contribution in [2.45, 2.75) is 30.4 Å². The average Bonchev–Trinajstić information content (AvgIpc) is 2.56. The lowest BCUT2D eigenvalue weighted by Gasteiger charge is -2.32. The van der Waals surface area contributed by atoms with Gasteiger partial charge < -0.3 is 5.11 Å². The van der Waals surface area contributed by atoms with Gasteiger partial charge in [0.1, 0.15) is 6.23 Å². The lowest BCUT2D eigenvalue weighted by Crippen LogP contribution is -2.39. The third-order valence-corrected chi connectivity index (χ3v) is 5.84. The number of aliphatic hydroxyl groups is 1. The first-order valence-corrected chi connectivity index (χ1v) is 8.94. The number of hydrogen-bond acceptors (Lipinski definition) is 3. The van der Waals surface area contributed by atoms with Crippen molar-refractivity contribution in [3.8, 4) is 0 Å². The number of rotatable bonds is 3. The zero-order chi connectivity index (χ0) is 16.4. The minimum atomic E-state index is -3.74. The molecular weight excluding hydrogens is 310 g/mol.